The molecule has 2 fully saturated rings. The Kier molecular flexibility index (Phi) is 2.37. The van der Waals surface area contributed by atoms with Gasteiger partial charge in [-0.1, -0.05) is 12.8 Å². The molecule has 0 aromatic heterocycles. The number of halogens is 4. The fourth-order valence-corrected chi connectivity index (χ4v) is 4.56. The summed E-state index contributed by atoms with van der Waals surface area (Å²) in [4.78, 5) is 0. The quantitative estimate of drug-likeness (QED) is 0.391. The summed E-state index contributed by atoms with van der Waals surface area (Å²) in [6.45, 7) is 1.68. The van der Waals surface area contributed by atoms with Gasteiger partial charge in [-0.05, 0) is 31.6 Å². The van der Waals surface area contributed by atoms with Crippen LogP contribution in [0.4, 0.5) is 17.6 Å². The molecule has 2 aliphatic heterocycles. The van der Waals surface area contributed by atoms with Gasteiger partial charge in [0.2, 0.25) is 0 Å². The van der Waals surface area contributed by atoms with Crippen LogP contribution in [-0.2, 0) is 10.3 Å². The molecule has 0 N–H and O–H groups in total. The first-order valence-corrected chi connectivity index (χ1v) is 7.01. The minimum Gasteiger partial charge on any atom is -0.362 e. The fourth-order valence-electron chi connectivity index (χ4n) is 4.56. The summed E-state index contributed by atoms with van der Waals surface area (Å²) in [5.74, 6) is -5.88. The molecule has 108 valence electrons. The van der Waals surface area contributed by atoms with Crippen molar-refractivity contribution >= 4 is 0 Å². The lowest BCUT2D eigenvalue weighted by Gasteiger charge is -2.38. The largest absolute Gasteiger partial charge is 0.362 e. The van der Waals surface area contributed by atoms with Gasteiger partial charge in [-0.2, -0.15) is 0 Å². The third kappa shape index (κ3) is 1.23. The first kappa shape index (κ1) is 12.6. The first-order chi connectivity index (χ1) is 9.47. The number of hydrogen-bond donors (Lipinski definition) is 0. The van der Waals surface area contributed by atoms with Crippen LogP contribution in [0.1, 0.15) is 49.8 Å². The van der Waals surface area contributed by atoms with Crippen molar-refractivity contribution in [2.24, 2.45) is 11.8 Å². The van der Waals surface area contributed by atoms with Gasteiger partial charge < -0.3 is 4.74 Å². The Balaban J connectivity index is 2.00. The van der Waals surface area contributed by atoms with E-state index >= 15 is 0 Å². The molecule has 2 heterocycles. The van der Waals surface area contributed by atoms with Crippen LogP contribution in [0.15, 0.2) is 0 Å². The predicted molar refractivity (Wildman–Crippen MR) is 62.9 cm³/mol. The molecule has 4 atom stereocenters. The highest BCUT2D eigenvalue weighted by Gasteiger charge is 2.62. The molecule has 3 aliphatic rings. The van der Waals surface area contributed by atoms with Gasteiger partial charge in [0.05, 0.1) is 11.7 Å². The van der Waals surface area contributed by atoms with Crippen LogP contribution in [0.3, 0.4) is 0 Å². The van der Waals surface area contributed by atoms with Crippen molar-refractivity contribution in [3.63, 3.8) is 0 Å². The van der Waals surface area contributed by atoms with Gasteiger partial charge in [0.1, 0.15) is 0 Å². The molecule has 20 heavy (non-hydrogen) atoms. The Morgan fingerprint density at radius 3 is 2.35 bits per heavy atom. The molecule has 1 saturated carbocycles. The SMILES string of the molecule is C[C@@]12O[C@@H](c3c(F)c(F)c(F)c(F)c31)[C@@H]1CCCC[C@H]12. The van der Waals surface area contributed by atoms with Crippen LogP contribution in [0.25, 0.3) is 0 Å². The Labute approximate surface area is 113 Å². The van der Waals surface area contributed by atoms with Gasteiger partial charge in [-0.15, -0.1) is 0 Å². The van der Waals surface area contributed by atoms with E-state index in [2.05, 4.69) is 0 Å². The summed E-state index contributed by atoms with van der Waals surface area (Å²) in [5, 5.41) is 0. The number of hydrogen-bond acceptors (Lipinski definition) is 1. The zero-order valence-corrected chi connectivity index (χ0v) is 11.0. The molecule has 1 aromatic rings. The lowest BCUT2D eigenvalue weighted by molar-refractivity contribution is -0.0302. The van der Waals surface area contributed by atoms with E-state index in [0.29, 0.717) is 0 Å². The predicted octanol–water partition coefficient (Wildman–Crippen LogP) is 4.35. The van der Waals surface area contributed by atoms with Crippen LogP contribution in [0.5, 0.6) is 0 Å². The van der Waals surface area contributed by atoms with Crippen molar-refractivity contribution in [2.45, 2.75) is 44.3 Å². The number of fused-ring (bicyclic) bond motifs is 8. The highest BCUT2D eigenvalue weighted by Crippen LogP contribution is 2.65. The van der Waals surface area contributed by atoms with E-state index in [4.69, 9.17) is 4.74 Å². The molecule has 5 heteroatoms. The van der Waals surface area contributed by atoms with Crippen molar-refractivity contribution in [3.05, 3.63) is 34.4 Å². The van der Waals surface area contributed by atoms with Gasteiger partial charge in [0.15, 0.2) is 23.3 Å². The zero-order valence-electron chi connectivity index (χ0n) is 11.0. The van der Waals surface area contributed by atoms with Crippen LogP contribution in [0, 0.1) is 35.1 Å². The van der Waals surface area contributed by atoms with Gasteiger partial charge >= 0.3 is 0 Å². The average Bonchev–Trinajstić information content (AvgIpc) is 2.92. The minimum absolute atomic E-state index is 0.0625. The third-order valence-corrected chi connectivity index (χ3v) is 5.37. The molecular formula is C15H14F4O. The maximum Gasteiger partial charge on any atom is 0.197 e. The van der Waals surface area contributed by atoms with Crippen molar-refractivity contribution in [1.29, 1.82) is 0 Å². The number of ether oxygens (including phenoxy) is 1. The van der Waals surface area contributed by atoms with E-state index in [0.717, 1.165) is 25.7 Å². The van der Waals surface area contributed by atoms with E-state index in [1.54, 1.807) is 6.92 Å². The van der Waals surface area contributed by atoms with Gasteiger partial charge in [0.25, 0.3) is 0 Å². The van der Waals surface area contributed by atoms with E-state index < -0.39 is 35.0 Å². The number of benzene rings is 1. The average molecular weight is 286 g/mol. The molecule has 2 bridgehead atoms. The van der Waals surface area contributed by atoms with Crippen molar-refractivity contribution in [1.82, 2.24) is 0 Å². The lowest BCUT2D eigenvalue weighted by atomic mass is 9.63. The molecule has 0 spiro atoms. The topological polar surface area (TPSA) is 9.23 Å². The second-order valence-electron chi connectivity index (χ2n) is 6.24. The van der Waals surface area contributed by atoms with Crippen LogP contribution in [0.2, 0.25) is 0 Å². The molecule has 1 saturated heterocycles. The smallest absolute Gasteiger partial charge is 0.197 e. The van der Waals surface area contributed by atoms with E-state index in [1.165, 1.54) is 0 Å². The summed E-state index contributed by atoms with van der Waals surface area (Å²) in [6, 6.07) is 0. The highest BCUT2D eigenvalue weighted by molar-refractivity contribution is 5.45. The molecule has 0 radical (unpaired) electrons. The highest BCUT2D eigenvalue weighted by atomic mass is 19.2. The third-order valence-electron chi connectivity index (χ3n) is 5.37. The van der Waals surface area contributed by atoms with Crippen molar-refractivity contribution in [3.8, 4) is 0 Å². The zero-order chi connectivity index (χ0) is 14.2. The first-order valence-electron chi connectivity index (χ1n) is 7.01. The molecular weight excluding hydrogens is 272 g/mol. The Morgan fingerprint density at radius 2 is 1.60 bits per heavy atom. The minimum atomic E-state index is -1.73. The summed E-state index contributed by atoms with van der Waals surface area (Å²) >= 11 is 0. The standard InChI is InChI=1S/C15H14F4O/c1-15-7-5-3-2-4-6(7)14(20-15)8-9(15)11(17)13(19)12(18)10(8)16/h6-7,14H,2-5H2,1H3/t6-,7-,14-,15+/m1/s1. The fraction of sp³-hybridized carbons (Fsp3) is 0.600. The number of rotatable bonds is 0. The second kappa shape index (κ2) is 3.75. The van der Waals surface area contributed by atoms with Gasteiger partial charge in [0, 0.05) is 11.1 Å². The maximum absolute atomic E-state index is 14.1. The summed E-state index contributed by atoms with van der Waals surface area (Å²) in [7, 11) is 0. The summed E-state index contributed by atoms with van der Waals surface area (Å²) in [6.07, 6.45) is 3.11. The molecule has 1 aromatic carbocycles. The molecule has 1 nitrogen and oxygen atoms in total. The second-order valence-corrected chi connectivity index (χ2v) is 6.24. The van der Waals surface area contributed by atoms with Gasteiger partial charge in [-0.3, -0.25) is 0 Å². The Hall–Kier alpha value is -1.10. The molecule has 4 rings (SSSR count). The normalized spacial score (nSPS) is 38.0. The summed E-state index contributed by atoms with van der Waals surface area (Å²) < 4.78 is 61.0. The van der Waals surface area contributed by atoms with Crippen LogP contribution < -0.4 is 0 Å². The maximum atomic E-state index is 14.1. The molecule has 0 amide bonds. The van der Waals surface area contributed by atoms with Crippen LogP contribution >= 0.6 is 0 Å². The van der Waals surface area contributed by atoms with E-state index in [9.17, 15) is 17.6 Å². The Bertz CT molecular complexity index is 615. The van der Waals surface area contributed by atoms with Gasteiger partial charge in [-0.25, -0.2) is 17.6 Å². The van der Waals surface area contributed by atoms with Crippen molar-refractivity contribution < 1.29 is 22.3 Å². The van der Waals surface area contributed by atoms with Crippen LogP contribution in [-0.4, -0.2) is 0 Å². The van der Waals surface area contributed by atoms with Crippen molar-refractivity contribution in [2.75, 3.05) is 0 Å². The molecule has 0 unspecified atom stereocenters. The lowest BCUT2D eigenvalue weighted by Crippen LogP contribution is -2.36. The molecule has 1 aliphatic carbocycles. The Morgan fingerprint density at radius 1 is 0.950 bits per heavy atom. The van der Waals surface area contributed by atoms with E-state index in [1.807, 2.05) is 0 Å². The van der Waals surface area contributed by atoms with E-state index in [-0.39, 0.29) is 23.0 Å². The summed E-state index contributed by atoms with van der Waals surface area (Å²) in [5.41, 5.74) is -1.21. The monoisotopic (exact) mass is 286 g/mol.